The van der Waals surface area contributed by atoms with Gasteiger partial charge in [0.2, 0.25) is 5.82 Å². The first-order valence-electron chi connectivity index (χ1n) is 6.50. The van der Waals surface area contributed by atoms with Gasteiger partial charge in [0, 0.05) is 6.54 Å². The Morgan fingerprint density at radius 2 is 2.42 bits per heavy atom. The molecule has 1 aromatic carbocycles. The number of aryl methyl sites for hydroxylation is 1. The average molecular weight is 259 g/mol. The average Bonchev–Trinajstić information content (AvgIpc) is 3.07. The second-order valence-corrected chi connectivity index (χ2v) is 4.78. The fourth-order valence-corrected chi connectivity index (χ4v) is 2.16. The van der Waals surface area contributed by atoms with E-state index in [1.165, 1.54) is 5.56 Å². The molecule has 2 aromatic rings. The number of tetrazole rings is 1. The van der Waals surface area contributed by atoms with E-state index in [0.717, 1.165) is 25.3 Å². The molecule has 1 unspecified atom stereocenters. The largest absolute Gasteiger partial charge is 0.485 e. The van der Waals surface area contributed by atoms with E-state index in [0.29, 0.717) is 18.5 Å². The van der Waals surface area contributed by atoms with E-state index in [1.54, 1.807) is 4.80 Å². The minimum atomic E-state index is 0.320. The summed E-state index contributed by atoms with van der Waals surface area (Å²) >= 11 is 0. The smallest absolute Gasteiger partial charge is 0.212 e. The molecule has 1 aliphatic rings. The highest BCUT2D eigenvalue weighted by atomic mass is 16.5. The monoisotopic (exact) mass is 259 g/mol. The number of nitrogens with one attached hydrogen (secondary N) is 1. The minimum absolute atomic E-state index is 0.320. The predicted octanol–water partition coefficient (Wildman–Crippen LogP) is 1.09. The molecular weight excluding hydrogens is 242 g/mol. The van der Waals surface area contributed by atoms with Gasteiger partial charge in [-0.2, -0.15) is 4.80 Å². The van der Waals surface area contributed by atoms with Crippen molar-refractivity contribution in [2.75, 3.05) is 13.1 Å². The fraction of sp³-hybridized carbons (Fsp3) is 0.462. The maximum absolute atomic E-state index is 5.65. The van der Waals surface area contributed by atoms with Crippen LogP contribution in [0.5, 0.6) is 5.75 Å². The lowest BCUT2D eigenvalue weighted by Crippen LogP contribution is -2.16. The summed E-state index contributed by atoms with van der Waals surface area (Å²) in [4.78, 5) is 1.69. The summed E-state index contributed by atoms with van der Waals surface area (Å²) in [6, 6.07) is 8.25. The zero-order valence-corrected chi connectivity index (χ0v) is 10.9. The van der Waals surface area contributed by atoms with Gasteiger partial charge in [0.1, 0.15) is 5.75 Å². The van der Waals surface area contributed by atoms with Crippen LogP contribution in [0.3, 0.4) is 0 Å². The van der Waals surface area contributed by atoms with Crippen LogP contribution < -0.4 is 10.1 Å². The van der Waals surface area contributed by atoms with Crippen molar-refractivity contribution in [3.05, 3.63) is 35.7 Å². The molecule has 0 radical (unpaired) electrons. The third-order valence-electron chi connectivity index (χ3n) is 3.19. The van der Waals surface area contributed by atoms with E-state index in [1.807, 2.05) is 31.2 Å². The number of hydrogen-bond donors (Lipinski definition) is 1. The first-order chi connectivity index (χ1) is 9.31. The number of hydrogen-bond acceptors (Lipinski definition) is 5. The van der Waals surface area contributed by atoms with Gasteiger partial charge < -0.3 is 10.1 Å². The molecule has 100 valence electrons. The van der Waals surface area contributed by atoms with Crippen molar-refractivity contribution < 1.29 is 4.74 Å². The van der Waals surface area contributed by atoms with Crippen LogP contribution in [0.2, 0.25) is 0 Å². The zero-order chi connectivity index (χ0) is 13.1. The lowest BCUT2D eigenvalue weighted by atomic mass is 10.2. The Balaban J connectivity index is 1.61. The first kappa shape index (κ1) is 12.1. The topological polar surface area (TPSA) is 64.9 Å². The van der Waals surface area contributed by atoms with Crippen molar-refractivity contribution in [1.82, 2.24) is 25.5 Å². The van der Waals surface area contributed by atoms with Crippen molar-refractivity contribution in [3.8, 4) is 5.75 Å². The molecule has 6 nitrogen and oxygen atoms in total. The van der Waals surface area contributed by atoms with E-state index in [-0.39, 0.29) is 0 Å². The predicted molar refractivity (Wildman–Crippen MR) is 69.9 cm³/mol. The molecule has 0 amide bonds. The Morgan fingerprint density at radius 1 is 1.47 bits per heavy atom. The zero-order valence-electron chi connectivity index (χ0n) is 10.9. The molecule has 0 saturated carbocycles. The quantitative estimate of drug-likeness (QED) is 0.890. The SMILES string of the molecule is Cc1cccc(OCc2nnn(C3CCNC3)n2)c1. The molecule has 1 fully saturated rings. The summed E-state index contributed by atoms with van der Waals surface area (Å²) in [7, 11) is 0. The summed E-state index contributed by atoms with van der Waals surface area (Å²) in [6.45, 7) is 4.31. The summed E-state index contributed by atoms with van der Waals surface area (Å²) in [5, 5.41) is 15.8. The number of ether oxygens (including phenoxy) is 1. The van der Waals surface area contributed by atoms with Gasteiger partial charge in [0.15, 0.2) is 6.61 Å². The van der Waals surface area contributed by atoms with E-state index in [9.17, 15) is 0 Å². The molecule has 0 aliphatic carbocycles. The van der Waals surface area contributed by atoms with Gasteiger partial charge in [0.05, 0.1) is 6.04 Å². The van der Waals surface area contributed by atoms with Gasteiger partial charge in [-0.1, -0.05) is 12.1 Å². The summed E-state index contributed by atoms with van der Waals surface area (Å²) in [5.41, 5.74) is 1.17. The Kier molecular flexibility index (Phi) is 3.41. The maximum atomic E-state index is 5.65. The number of nitrogens with zero attached hydrogens (tertiary/aromatic N) is 4. The molecule has 1 N–H and O–H groups in total. The Morgan fingerprint density at radius 3 is 3.21 bits per heavy atom. The number of rotatable bonds is 4. The Bertz CT molecular complexity index is 547. The summed E-state index contributed by atoms with van der Waals surface area (Å²) < 4.78 is 5.65. The maximum Gasteiger partial charge on any atom is 0.212 e. The van der Waals surface area contributed by atoms with Crippen molar-refractivity contribution >= 4 is 0 Å². The van der Waals surface area contributed by atoms with Crippen molar-refractivity contribution in [2.45, 2.75) is 26.0 Å². The van der Waals surface area contributed by atoms with Crippen molar-refractivity contribution in [1.29, 1.82) is 0 Å². The van der Waals surface area contributed by atoms with E-state index >= 15 is 0 Å². The summed E-state index contributed by atoms with van der Waals surface area (Å²) in [5.74, 6) is 1.45. The van der Waals surface area contributed by atoms with Crippen LogP contribution >= 0.6 is 0 Å². The van der Waals surface area contributed by atoms with Gasteiger partial charge in [-0.15, -0.1) is 10.2 Å². The fourth-order valence-electron chi connectivity index (χ4n) is 2.16. The second kappa shape index (κ2) is 5.36. The molecule has 1 aliphatic heterocycles. The lowest BCUT2D eigenvalue weighted by molar-refractivity contribution is 0.294. The van der Waals surface area contributed by atoms with Gasteiger partial charge in [-0.3, -0.25) is 0 Å². The molecule has 0 spiro atoms. The van der Waals surface area contributed by atoms with Crippen LogP contribution in [0.1, 0.15) is 23.9 Å². The van der Waals surface area contributed by atoms with Crippen LogP contribution in [-0.4, -0.2) is 33.3 Å². The van der Waals surface area contributed by atoms with Crippen LogP contribution in [0.4, 0.5) is 0 Å². The molecule has 1 saturated heterocycles. The molecule has 1 aromatic heterocycles. The third-order valence-corrected chi connectivity index (χ3v) is 3.19. The van der Waals surface area contributed by atoms with Gasteiger partial charge in [-0.25, -0.2) is 0 Å². The molecular formula is C13H17N5O. The minimum Gasteiger partial charge on any atom is -0.485 e. The molecule has 0 bridgehead atoms. The van der Waals surface area contributed by atoms with Gasteiger partial charge >= 0.3 is 0 Å². The lowest BCUT2D eigenvalue weighted by Gasteiger charge is -2.05. The standard InChI is InChI=1S/C13H17N5O/c1-10-3-2-4-12(7-10)19-9-13-15-17-18(16-13)11-5-6-14-8-11/h2-4,7,11,14H,5-6,8-9H2,1H3. The normalized spacial score (nSPS) is 18.7. The molecule has 1 atom stereocenters. The van der Waals surface area contributed by atoms with Gasteiger partial charge in [0.25, 0.3) is 0 Å². The van der Waals surface area contributed by atoms with Crippen LogP contribution in [0.15, 0.2) is 24.3 Å². The van der Waals surface area contributed by atoms with E-state index in [4.69, 9.17) is 4.74 Å². The van der Waals surface area contributed by atoms with E-state index < -0.39 is 0 Å². The van der Waals surface area contributed by atoms with Crippen LogP contribution in [0.25, 0.3) is 0 Å². The summed E-state index contributed by atoms with van der Waals surface area (Å²) in [6.07, 6.45) is 1.05. The first-order valence-corrected chi connectivity index (χ1v) is 6.50. The number of aromatic nitrogens is 4. The highest BCUT2D eigenvalue weighted by Gasteiger charge is 2.19. The number of benzene rings is 1. The van der Waals surface area contributed by atoms with Crippen molar-refractivity contribution in [2.24, 2.45) is 0 Å². The highest BCUT2D eigenvalue weighted by Crippen LogP contribution is 2.14. The second-order valence-electron chi connectivity index (χ2n) is 4.78. The highest BCUT2D eigenvalue weighted by molar-refractivity contribution is 5.27. The molecule has 6 heteroatoms. The van der Waals surface area contributed by atoms with Crippen LogP contribution in [-0.2, 0) is 6.61 Å². The van der Waals surface area contributed by atoms with Crippen molar-refractivity contribution in [3.63, 3.8) is 0 Å². The molecule has 3 rings (SSSR count). The molecule has 2 heterocycles. The van der Waals surface area contributed by atoms with E-state index in [2.05, 4.69) is 20.7 Å². The van der Waals surface area contributed by atoms with Crippen LogP contribution in [0, 0.1) is 6.92 Å². The Hall–Kier alpha value is -1.95. The Labute approximate surface area is 111 Å². The molecule has 19 heavy (non-hydrogen) atoms. The third kappa shape index (κ3) is 2.90. The van der Waals surface area contributed by atoms with Gasteiger partial charge in [-0.05, 0) is 42.8 Å².